The Labute approximate surface area is 114 Å². The molecule has 0 amide bonds. The van der Waals surface area contributed by atoms with Crippen molar-refractivity contribution < 1.29 is 17.9 Å². The quantitative estimate of drug-likeness (QED) is 0.918. The average Bonchev–Trinajstić information content (AvgIpc) is 2.85. The zero-order valence-corrected chi connectivity index (χ0v) is 10.8. The molecule has 2 aromatic rings. The van der Waals surface area contributed by atoms with Gasteiger partial charge in [0.25, 0.3) is 0 Å². The average molecular weight is 285 g/mol. The minimum Gasteiger partial charge on any atom is -0.485 e. The van der Waals surface area contributed by atoms with E-state index in [1.54, 1.807) is 6.92 Å². The number of aromatic nitrogens is 2. The van der Waals surface area contributed by atoms with Crippen LogP contribution in [0.3, 0.4) is 0 Å². The van der Waals surface area contributed by atoms with Crippen molar-refractivity contribution >= 4 is 0 Å². The summed E-state index contributed by atoms with van der Waals surface area (Å²) in [5.74, 6) is 0.00361. The lowest BCUT2D eigenvalue weighted by Crippen LogP contribution is -2.11. The van der Waals surface area contributed by atoms with Crippen molar-refractivity contribution in [3.8, 4) is 5.75 Å². The van der Waals surface area contributed by atoms with Gasteiger partial charge in [0.05, 0.1) is 0 Å². The van der Waals surface area contributed by atoms with Crippen LogP contribution >= 0.6 is 0 Å². The van der Waals surface area contributed by atoms with Crippen molar-refractivity contribution in [2.24, 2.45) is 5.73 Å². The summed E-state index contributed by atoms with van der Waals surface area (Å²) in [6.45, 7) is -1.15. The fourth-order valence-corrected chi connectivity index (χ4v) is 1.78. The van der Waals surface area contributed by atoms with Crippen LogP contribution in [-0.2, 0) is 6.61 Å². The summed E-state index contributed by atoms with van der Waals surface area (Å²) in [6, 6.07) is 3.47. The molecule has 0 aliphatic rings. The van der Waals surface area contributed by atoms with Gasteiger partial charge in [-0.15, -0.1) is 0 Å². The number of hydrogen-bond acceptors (Lipinski definition) is 3. The van der Waals surface area contributed by atoms with E-state index in [9.17, 15) is 13.2 Å². The van der Waals surface area contributed by atoms with Gasteiger partial charge in [0.1, 0.15) is 18.2 Å². The van der Waals surface area contributed by atoms with E-state index in [0.29, 0.717) is 15.9 Å². The van der Waals surface area contributed by atoms with Gasteiger partial charge >= 0.3 is 6.55 Å². The standard InChI is InChI=1S/C13H14F3N3O/c1-8(17)10-6-9(14)2-3-11(10)20-7-12-18-4-5-19(12)13(15)16/h2-6,8,13H,7,17H2,1H3/t8-/m0/s1. The van der Waals surface area contributed by atoms with Crippen LogP contribution in [0, 0.1) is 5.82 Å². The lowest BCUT2D eigenvalue weighted by atomic mass is 10.1. The van der Waals surface area contributed by atoms with E-state index in [4.69, 9.17) is 10.5 Å². The molecule has 1 atom stereocenters. The number of imidazole rings is 1. The first kappa shape index (κ1) is 14.4. The molecule has 4 nitrogen and oxygen atoms in total. The van der Waals surface area contributed by atoms with Gasteiger partial charge in [-0.2, -0.15) is 8.78 Å². The number of hydrogen-bond donors (Lipinski definition) is 1. The number of alkyl halides is 2. The number of benzene rings is 1. The van der Waals surface area contributed by atoms with Gasteiger partial charge in [0.15, 0.2) is 5.82 Å². The van der Waals surface area contributed by atoms with E-state index in [1.165, 1.54) is 30.6 Å². The topological polar surface area (TPSA) is 53.1 Å². The van der Waals surface area contributed by atoms with Crippen LogP contribution in [0.5, 0.6) is 5.75 Å². The van der Waals surface area contributed by atoms with Gasteiger partial charge in [-0.3, -0.25) is 4.57 Å². The number of rotatable bonds is 5. The molecule has 0 radical (unpaired) electrons. The van der Waals surface area contributed by atoms with E-state index in [1.807, 2.05) is 0 Å². The second-order valence-corrected chi connectivity index (χ2v) is 4.29. The number of halogens is 3. The Morgan fingerprint density at radius 1 is 1.40 bits per heavy atom. The monoisotopic (exact) mass is 285 g/mol. The van der Waals surface area contributed by atoms with Gasteiger partial charge in [-0.1, -0.05) is 0 Å². The molecular weight excluding hydrogens is 271 g/mol. The molecule has 0 saturated carbocycles. The molecule has 2 rings (SSSR count). The Hall–Kier alpha value is -2.02. The van der Waals surface area contributed by atoms with Gasteiger partial charge < -0.3 is 10.5 Å². The van der Waals surface area contributed by atoms with E-state index in [-0.39, 0.29) is 12.4 Å². The predicted octanol–water partition coefficient (Wildman–Crippen LogP) is 3.02. The van der Waals surface area contributed by atoms with Crippen molar-refractivity contribution in [1.82, 2.24) is 9.55 Å². The van der Waals surface area contributed by atoms with Crippen molar-refractivity contribution in [1.29, 1.82) is 0 Å². The highest BCUT2D eigenvalue weighted by Gasteiger charge is 2.14. The summed E-state index contributed by atoms with van der Waals surface area (Å²) < 4.78 is 44.6. The highest BCUT2D eigenvalue weighted by molar-refractivity contribution is 5.36. The van der Waals surface area contributed by atoms with Gasteiger partial charge in [0.2, 0.25) is 0 Å². The second-order valence-electron chi connectivity index (χ2n) is 4.29. The first-order valence-electron chi connectivity index (χ1n) is 5.96. The molecule has 0 fully saturated rings. The summed E-state index contributed by atoms with van der Waals surface area (Å²) in [7, 11) is 0. The third-order valence-corrected chi connectivity index (χ3v) is 2.78. The fraction of sp³-hybridized carbons (Fsp3) is 0.308. The smallest absolute Gasteiger partial charge is 0.320 e. The molecule has 0 saturated heterocycles. The maximum absolute atomic E-state index is 13.2. The van der Waals surface area contributed by atoms with Crippen LogP contribution in [0.15, 0.2) is 30.6 Å². The Morgan fingerprint density at radius 3 is 2.80 bits per heavy atom. The Balaban J connectivity index is 2.17. The van der Waals surface area contributed by atoms with Gasteiger partial charge in [0, 0.05) is 24.0 Å². The Kier molecular flexibility index (Phi) is 4.29. The van der Waals surface area contributed by atoms with Crippen molar-refractivity contribution in [3.63, 3.8) is 0 Å². The lowest BCUT2D eigenvalue weighted by Gasteiger charge is -2.14. The third kappa shape index (κ3) is 3.11. The van der Waals surface area contributed by atoms with Crippen molar-refractivity contribution in [2.45, 2.75) is 26.1 Å². The Bertz CT molecular complexity index is 584. The normalized spacial score (nSPS) is 12.7. The molecule has 0 aliphatic heterocycles. The number of nitrogens with two attached hydrogens (primary N) is 1. The van der Waals surface area contributed by atoms with E-state index in [0.717, 1.165) is 0 Å². The SMILES string of the molecule is C[C@H](N)c1cc(F)ccc1OCc1nccn1C(F)F. The highest BCUT2D eigenvalue weighted by atomic mass is 19.3. The summed E-state index contributed by atoms with van der Waals surface area (Å²) in [5, 5.41) is 0. The molecule has 1 heterocycles. The molecule has 0 unspecified atom stereocenters. The van der Waals surface area contributed by atoms with Crippen LogP contribution in [0.1, 0.15) is 30.9 Å². The van der Waals surface area contributed by atoms with E-state index in [2.05, 4.69) is 4.98 Å². The molecule has 2 N–H and O–H groups in total. The maximum atomic E-state index is 13.2. The zero-order chi connectivity index (χ0) is 14.7. The van der Waals surface area contributed by atoms with Crippen molar-refractivity contribution in [2.75, 3.05) is 0 Å². The van der Waals surface area contributed by atoms with Crippen LogP contribution in [-0.4, -0.2) is 9.55 Å². The largest absolute Gasteiger partial charge is 0.485 e. The summed E-state index contributed by atoms with van der Waals surface area (Å²) in [5.41, 5.74) is 6.20. The molecular formula is C13H14F3N3O. The highest BCUT2D eigenvalue weighted by Crippen LogP contribution is 2.25. The Morgan fingerprint density at radius 2 is 2.15 bits per heavy atom. The summed E-state index contributed by atoms with van der Waals surface area (Å²) >= 11 is 0. The molecule has 1 aromatic heterocycles. The van der Waals surface area contributed by atoms with Gasteiger partial charge in [-0.25, -0.2) is 9.37 Å². The molecule has 0 bridgehead atoms. The third-order valence-electron chi connectivity index (χ3n) is 2.78. The summed E-state index contributed by atoms with van der Waals surface area (Å²) in [6.07, 6.45) is 2.43. The van der Waals surface area contributed by atoms with Crippen LogP contribution in [0.2, 0.25) is 0 Å². The van der Waals surface area contributed by atoms with Crippen LogP contribution < -0.4 is 10.5 Å². The minimum atomic E-state index is -2.68. The maximum Gasteiger partial charge on any atom is 0.320 e. The lowest BCUT2D eigenvalue weighted by molar-refractivity contribution is 0.0632. The van der Waals surface area contributed by atoms with E-state index >= 15 is 0 Å². The first-order chi connectivity index (χ1) is 9.49. The van der Waals surface area contributed by atoms with Crippen LogP contribution in [0.4, 0.5) is 13.2 Å². The summed E-state index contributed by atoms with van der Waals surface area (Å²) in [4.78, 5) is 3.80. The number of ether oxygens (including phenoxy) is 1. The first-order valence-corrected chi connectivity index (χ1v) is 5.96. The zero-order valence-electron chi connectivity index (χ0n) is 10.8. The molecule has 108 valence electrons. The molecule has 0 spiro atoms. The molecule has 20 heavy (non-hydrogen) atoms. The van der Waals surface area contributed by atoms with Crippen LogP contribution in [0.25, 0.3) is 0 Å². The van der Waals surface area contributed by atoms with E-state index < -0.39 is 18.4 Å². The second kappa shape index (κ2) is 5.96. The molecule has 1 aromatic carbocycles. The van der Waals surface area contributed by atoms with Gasteiger partial charge in [-0.05, 0) is 25.1 Å². The predicted molar refractivity (Wildman–Crippen MR) is 66.8 cm³/mol. The fourth-order valence-electron chi connectivity index (χ4n) is 1.78. The van der Waals surface area contributed by atoms with Crippen molar-refractivity contribution in [3.05, 3.63) is 47.8 Å². The molecule has 7 heteroatoms. The minimum absolute atomic E-state index is 0.0833. The number of nitrogens with zero attached hydrogens (tertiary/aromatic N) is 2. The molecule has 0 aliphatic carbocycles.